The van der Waals surface area contributed by atoms with Crippen molar-refractivity contribution in [3.63, 3.8) is 0 Å². The maximum absolute atomic E-state index is 5.59. The van der Waals surface area contributed by atoms with Crippen molar-refractivity contribution in [2.45, 2.75) is 26.4 Å². The van der Waals surface area contributed by atoms with Gasteiger partial charge in [-0.2, -0.15) is 0 Å². The zero-order valence-corrected chi connectivity index (χ0v) is 15.4. The van der Waals surface area contributed by atoms with Crippen molar-refractivity contribution in [2.24, 2.45) is 0 Å². The molecule has 1 atom stereocenters. The van der Waals surface area contributed by atoms with Crippen LogP contribution in [0.3, 0.4) is 0 Å². The third kappa shape index (κ3) is 4.07. The van der Waals surface area contributed by atoms with Crippen LogP contribution in [0.25, 0.3) is 0 Å². The molecule has 20 heavy (non-hydrogen) atoms. The van der Waals surface area contributed by atoms with Crippen LogP contribution in [-0.4, -0.2) is 6.61 Å². The molecular weight excluding hydrogens is 402 g/mol. The van der Waals surface area contributed by atoms with Gasteiger partial charge in [-0.15, -0.1) is 11.3 Å². The molecule has 0 radical (unpaired) electrons. The van der Waals surface area contributed by atoms with Gasteiger partial charge in [-0.05, 0) is 74.8 Å². The third-order valence-electron chi connectivity index (χ3n) is 2.93. The minimum absolute atomic E-state index is 0.360. The van der Waals surface area contributed by atoms with Crippen LogP contribution in [0.15, 0.2) is 38.6 Å². The van der Waals surface area contributed by atoms with Crippen molar-refractivity contribution in [1.82, 2.24) is 5.32 Å². The molecule has 2 rings (SSSR count). The number of nitrogens with one attached hydrogen (secondary N) is 1. The number of ether oxygens (including phenoxy) is 1. The van der Waals surface area contributed by atoms with Gasteiger partial charge in [-0.25, -0.2) is 0 Å². The molecule has 1 N–H and O–H groups in total. The highest BCUT2D eigenvalue weighted by molar-refractivity contribution is 9.11. The van der Waals surface area contributed by atoms with Gasteiger partial charge in [-0.3, -0.25) is 0 Å². The third-order valence-corrected chi connectivity index (χ3v) is 5.16. The van der Waals surface area contributed by atoms with Gasteiger partial charge in [0.15, 0.2) is 0 Å². The van der Waals surface area contributed by atoms with Crippen LogP contribution in [-0.2, 0) is 6.54 Å². The molecule has 0 amide bonds. The Balaban J connectivity index is 2.03. The summed E-state index contributed by atoms with van der Waals surface area (Å²) >= 11 is 8.91. The summed E-state index contributed by atoms with van der Waals surface area (Å²) in [4.78, 5) is 1.36. The molecule has 0 bridgehead atoms. The van der Waals surface area contributed by atoms with Crippen LogP contribution in [0, 0.1) is 0 Å². The zero-order valence-electron chi connectivity index (χ0n) is 11.5. The molecular formula is C15H17Br2NOS. The molecule has 0 aliphatic heterocycles. The first-order valence-corrected chi connectivity index (χ1v) is 8.96. The van der Waals surface area contributed by atoms with E-state index in [1.807, 2.05) is 6.92 Å². The SMILES string of the molecule is CCOc1c(Br)cc(CNC(C)c2cccs2)cc1Br. The lowest BCUT2D eigenvalue weighted by Gasteiger charge is -2.14. The van der Waals surface area contributed by atoms with E-state index in [9.17, 15) is 0 Å². The van der Waals surface area contributed by atoms with Gasteiger partial charge in [-0.1, -0.05) is 6.07 Å². The Morgan fingerprint density at radius 1 is 1.30 bits per heavy atom. The minimum Gasteiger partial charge on any atom is -0.492 e. The summed E-state index contributed by atoms with van der Waals surface area (Å²) in [7, 11) is 0. The second-order valence-electron chi connectivity index (χ2n) is 4.44. The molecule has 2 nitrogen and oxygen atoms in total. The van der Waals surface area contributed by atoms with Gasteiger partial charge < -0.3 is 10.1 Å². The molecule has 1 aromatic heterocycles. The monoisotopic (exact) mass is 417 g/mol. The molecule has 108 valence electrons. The average molecular weight is 419 g/mol. The molecule has 0 saturated carbocycles. The Morgan fingerprint density at radius 2 is 2.00 bits per heavy atom. The van der Waals surface area contributed by atoms with Gasteiger partial charge in [0, 0.05) is 17.5 Å². The second kappa shape index (κ2) is 7.59. The summed E-state index contributed by atoms with van der Waals surface area (Å²) in [5.41, 5.74) is 1.22. The number of halogens is 2. The highest BCUT2D eigenvalue weighted by atomic mass is 79.9. The molecule has 1 unspecified atom stereocenters. The normalized spacial score (nSPS) is 12.4. The Kier molecular flexibility index (Phi) is 6.08. The average Bonchev–Trinajstić information content (AvgIpc) is 2.94. The molecule has 0 aliphatic rings. The van der Waals surface area contributed by atoms with Crippen molar-refractivity contribution in [1.29, 1.82) is 0 Å². The van der Waals surface area contributed by atoms with Gasteiger partial charge in [0.1, 0.15) is 5.75 Å². The van der Waals surface area contributed by atoms with Crippen LogP contribution in [0.5, 0.6) is 5.75 Å². The summed E-state index contributed by atoms with van der Waals surface area (Å²) in [5.74, 6) is 0.863. The van der Waals surface area contributed by atoms with Crippen LogP contribution in [0.4, 0.5) is 0 Å². The predicted octanol–water partition coefficient (Wildman–Crippen LogP) is 5.52. The highest BCUT2D eigenvalue weighted by Crippen LogP contribution is 2.35. The first-order valence-electron chi connectivity index (χ1n) is 6.49. The maximum Gasteiger partial charge on any atom is 0.147 e. The Bertz CT molecular complexity index is 534. The molecule has 1 heterocycles. The lowest BCUT2D eigenvalue weighted by molar-refractivity contribution is 0.336. The minimum atomic E-state index is 0.360. The van der Waals surface area contributed by atoms with Gasteiger partial charge >= 0.3 is 0 Å². The number of rotatable bonds is 6. The van der Waals surface area contributed by atoms with Crippen molar-refractivity contribution < 1.29 is 4.74 Å². The Morgan fingerprint density at radius 3 is 2.55 bits per heavy atom. The van der Waals surface area contributed by atoms with Crippen molar-refractivity contribution in [3.05, 3.63) is 49.0 Å². The smallest absolute Gasteiger partial charge is 0.147 e. The molecule has 0 aliphatic carbocycles. The molecule has 0 spiro atoms. The molecule has 2 aromatic rings. The van der Waals surface area contributed by atoms with Crippen molar-refractivity contribution in [3.8, 4) is 5.75 Å². The van der Waals surface area contributed by atoms with Crippen LogP contribution in [0.2, 0.25) is 0 Å². The summed E-state index contributed by atoms with van der Waals surface area (Å²) in [6.07, 6.45) is 0. The highest BCUT2D eigenvalue weighted by Gasteiger charge is 2.10. The summed E-state index contributed by atoms with van der Waals surface area (Å²) in [6, 6.07) is 8.81. The van der Waals surface area contributed by atoms with E-state index in [1.165, 1.54) is 10.4 Å². The molecule has 0 fully saturated rings. The quantitative estimate of drug-likeness (QED) is 0.666. The van der Waals surface area contributed by atoms with E-state index in [4.69, 9.17) is 4.74 Å². The van der Waals surface area contributed by atoms with E-state index in [2.05, 4.69) is 73.7 Å². The molecule has 1 aromatic carbocycles. The maximum atomic E-state index is 5.59. The Labute approximate surface area is 140 Å². The van der Waals surface area contributed by atoms with Gasteiger partial charge in [0.05, 0.1) is 15.6 Å². The van der Waals surface area contributed by atoms with E-state index >= 15 is 0 Å². The van der Waals surface area contributed by atoms with Crippen molar-refractivity contribution in [2.75, 3.05) is 6.61 Å². The standard InChI is InChI=1S/C15H17Br2NOS/c1-3-19-15-12(16)7-11(8-13(15)17)9-18-10(2)14-5-4-6-20-14/h4-8,10,18H,3,9H2,1-2H3. The fourth-order valence-electron chi connectivity index (χ4n) is 1.91. The van der Waals surface area contributed by atoms with E-state index in [0.717, 1.165) is 21.2 Å². The first-order chi connectivity index (χ1) is 9.61. The number of hydrogen-bond donors (Lipinski definition) is 1. The van der Waals surface area contributed by atoms with E-state index < -0.39 is 0 Å². The second-order valence-corrected chi connectivity index (χ2v) is 7.13. The predicted molar refractivity (Wildman–Crippen MR) is 92.6 cm³/mol. The number of hydrogen-bond acceptors (Lipinski definition) is 3. The Hall–Kier alpha value is -0.360. The zero-order chi connectivity index (χ0) is 14.5. The summed E-state index contributed by atoms with van der Waals surface area (Å²) in [5, 5.41) is 5.64. The van der Waals surface area contributed by atoms with Crippen molar-refractivity contribution >= 4 is 43.2 Å². The number of thiophene rings is 1. The summed E-state index contributed by atoms with van der Waals surface area (Å²) < 4.78 is 7.56. The van der Waals surface area contributed by atoms with Gasteiger partial charge in [0.2, 0.25) is 0 Å². The molecule has 5 heteroatoms. The topological polar surface area (TPSA) is 21.3 Å². The van der Waals surface area contributed by atoms with Crippen LogP contribution >= 0.6 is 43.2 Å². The van der Waals surface area contributed by atoms with Gasteiger partial charge in [0.25, 0.3) is 0 Å². The van der Waals surface area contributed by atoms with Crippen LogP contribution < -0.4 is 10.1 Å². The summed E-state index contributed by atoms with van der Waals surface area (Å²) in [6.45, 7) is 5.65. The lowest BCUT2D eigenvalue weighted by Crippen LogP contribution is -2.17. The molecule has 0 saturated heterocycles. The fourth-order valence-corrected chi connectivity index (χ4v) is 4.17. The lowest BCUT2D eigenvalue weighted by atomic mass is 10.2. The largest absolute Gasteiger partial charge is 0.492 e. The number of benzene rings is 1. The van der Waals surface area contributed by atoms with E-state index in [0.29, 0.717) is 12.6 Å². The van der Waals surface area contributed by atoms with E-state index in [1.54, 1.807) is 11.3 Å². The van der Waals surface area contributed by atoms with E-state index in [-0.39, 0.29) is 0 Å². The van der Waals surface area contributed by atoms with Crippen LogP contribution in [0.1, 0.15) is 30.3 Å². The first kappa shape index (κ1) is 16.0. The fraction of sp³-hybridized carbons (Fsp3) is 0.333.